The second kappa shape index (κ2) is 6.35. The van der Waals surface area contributed by atoms with Crippen LogP contribution in [0.4, 0.5) is 0 Å². The van der Waals surface area contributed by atoms with Crippen LogP contribution in [-0.4, -0.2) is 4.98 Å². The van der Waals surface area contributed by atoms with E-state index in [9.17, 15) is 0 Å². The first-order valence-electron chi connectivity index (χ1n) is 3.51. The zero-order valence-corrected chi connectivity index (χ0v) is 13.1. The van der Waals surface area contributed by atoms with Crippen LogP contribution < -0.4 is 0 Å². The summed E-state index contributed by atoms with van der Waals surface area (Å²) in [5, 5.41) is 1.03. The minimum Gasteiger partial charge on any atom is -0.332 e. The van der Waals surface area contributed by atoms with Gasteiger partial charge in [0.1, 0.15) is 0 Å². The number of fused-ring (bicyclic) bond motifs is 1. The number of aryl methyl sites for hydroxylation is 1. The van der Waals surface area contributed by atoms with Crippen molar-refractivity contribution in [3.05, 3.63) is 42.1 Å². The summed E-state index contributed by atoms with van der Waals surface area (Å²) in [4.78, 5) is 4.19. The first-order chi connectivity index (χ1) is 5.36. The van der Waals surface area contributed by atoms with Crippen molar-refractivity contribution in [3.63, 3.8) is 0 Å². The standard InChI is InChI=1S/C10H7N.2Y/c1-8-6-9-4-2-3-5-10(9)11-7-8;;/h2-3,6-7H,1H3;;/q-2;;. The molecule has 0 N–H and O–H groups in total. The van der Waals surface area contributed by atoms with Gasteiger partial charge in [-0.1, -0.05) is 5.56 Å². The molecule has 1 heterocycles. The Morgan fingerprint density at radius 1 is 1.15 bits per heavy atom. The summed E-state index contributed by atoms with van der Waals surface area (Å²) < 4.78 is 0. The van der Waals surface area contributed by atoms with E-state index in [1.54, 1.807) is 0 Å². The van der Waals surface area contributed by atoms with Crippen molar-refractivity contribution in [2.75, 3.05) is 0 Å². The number of nitrogens with zero attached hydrogens (tertiary/aromatic N) is 1. The average molecular weight is 319 g/mol. The molecule has 0 saturated heterocycles. The van der Waals surface area contributed by atoms with Gasteiger partial charge in [0.05, 0.1) is 0 Å². The molecule has 13 heavy (non-hydrogen) atoms. The molecule has 0 saturated carbocycles. The first kappa shape index (κ1) is 13.8. The molecule has 0 aliphatic heterocycles. The van der Waals surface area contributed by atoms with Crippen LogP contribution in [-0.2, 0) is 65.4 Å². The van der Waals surface area contributed by atoms with Crippen molar-refractivity contribution < 1.29 is 65.4 Å². The third kappa shape index (κ3) is 3.47. The van der Waals surface area contributed by atoms with Crippen LogP contribution in [0.15, 0.2) is 24.4 Å². The molecule has 0 aliphatic rings. The summed E-state index contributed by atoms with van der Waals surface area (Å²) >= 11 is 0. The van der Waals surface area contributed by atoms with Gasteiger partial charge in [0.15, 0.2) is 0 Å². The topological polar surface area (TPSA) is 12.9 Å². The van der Waals surface area contributed by atoms with Gasteiger partial charge in [0.2, 0.25) is 0 Å². The molecule has 1 aromatic heterocycles. The Morgan fingerprint density at radius 3 is 2.62 bits per heavy atom. The fourth-order valence-corrected chi connectivity index (χ4v) is 1.05. The largest absolute Gasteiger partial charge is 0.332 e. The Morgan fingerprint density at radius 2 is 1.85 bits per heavy atom. The predicted molar refractivity (Wildman–Crippen MR) is 44.2 cm³/mol. The summed E-state index contributed by atoms with van der Waals surface area (Å²) in [6.45, 7) is 2.02. The van der Waals surface area contributed by atoms with Gasteiger partial charge < -0.3 is 4.98 Å². The van der Waals surface area contributed by atoms with Gasteiger partial charge >= 0.3 is 0 Å². The summed E-state index contributed by atoms with van der Waals surface area (Å²) in [7, 11) is 0. The molecule has 0 spiro atoms. The first-order valence-corrected chi connectivity index (χ1v) is 3.51. The third-order valence-corrected chi connectivity index (χ3v) is 1.57. The Hall–Kier alpha value is 0.838. The maximum Gasteiger partial charge on any atom is 0.00627 e. The van der Waals surface area contributed by atoms with E-state index in [4.69, 9.17) is 0 Å². The molecule has 0 amide bonds. The molecule has 1 nitrogen and oxygen atoms in total. The van der Waals surface area contributed by atoms with Gasteiger partial charge in [-0.25, -0.2) is 5.39 Å². The Labute approximate surface area is 128 Å². The molecular weight excluding hydrogens is 312 g/mol. The van der Waals surface area contributed by atoms with Crippen molar-refractivity contribution in [1.82, 2.24) is 4.98 Å². The molecular formula is C10H7NY2-2. The fourth-order valence-electron chi connectivity index (χ4n) is 1.05. The number of pyridine rings is 1. The van der Waals surface area contributed by atoms with Gasteiger partial charge in [0, 0.05) is 71.6 Å². The van der Waals surface area contributed by atoms with Crippen molar-refractivity contribution in [3.8, 4) is 0 Å². The van der Waals surface area contributed by atoms with E-state index in [2.05, 4.69) is 23.2 Å². The monoisotopic (exact) mass is 319 g/mol. The average Bonchev–Trinajstić information content (AvgIpc) is 2.04. The number of hydrogen-bond acceptors (Lipinski definition) is 1. The summed E-state index contributed by atoms with van der Waals surface area (Å²) in [6.07, 6.45) is 1.84. The molecule has 0 atom stereocenters. The molecule has 2 aromatic rings. The zero-order valence-electron chi connectivity index (χ0n) is 7.41. The zero-order chi connectivity index (χ0) is 7.68. The fraction of sp³-hybridized carbons (Fsp3) is 0.100. The number of rotatable bonds is 0. The van der Waals surface area contributed by atoms with E-state index in [1.807, 2.05) is 25.3 Å². The number of hydrogen-bond donors (Lipinski definition) is 0. The molecule has 0 bridgehead atoms. The van der Waals surface area contributed by atoms with Gasteiger partial charge in [-0.3, -0.25) is 24.3 Å². The molecule has 0 aliphatic carbocycles. The van der Waals surface area contributed by atoms with E-state index in [-0.39, 0.29) is 65.4 Å². The van der Waals surface area contributed by atoms with E-state index in [1.165, 1.54) is 0 Å². The molecule has 60 valence electrons. The van der Waals surface area contributed by atoms with Crippen molar-refractivity contribution in [2.45, 2.75) is 6.92 Å². The minimum absolute atomic E-state index is 0. The third-order valence-electron chi connectivity index (χ3n) is 1.57. The normalized spacial score (nSPS) is 8.69. The van der Waals surface area contributed by atoms with Crippen molar-refractivity contribution >= 4 is 10.9 Å². The van der Waals surface area contributed by atoms with Crippen molar-refractivity contribution in [1.29, 1.82) is 0 Å². The SMILES string of the molecule is Cc1cnc2[c-]cc[c-]c2c1.[Y].[Y]. The van der Waals surface area contributed by atoms with Crippen molar-refractivity contribution in [2.24, 2.45) is 0 Å². The summed E-state index contributed by atoms with van der Waals surface area (Å²) in [5.41, 5.74) is 2.05. The number of aromatic nitrogens is 1. The van der Waals surface area contributed by atoms with E-state index in [0.29, 0.717) is 0 Å². The van der Waals surface area contributed by atoms with Gasteiger partial charge in [-0.2, -0.15) is 6.07 Å². The Kier molecular flexibility index (Phi) is 6.75. The molecule has 3 heteroatoms. The predicted octanol–water partition coefficient (Wildman–Crippen LogP) is 2.14. The van der Waals surface area contributed by atoms with Crippen LogP contribution in [0.3, 0.4) is 0 Å². The van der Waals surface area contributed by atoms with E-state index >= 15 is 0 Å². The van der Waals surface area contributed by atoms with E-state index in [0.717, 1.165) is 16.5 Å². The Bertz CT molecular complexity index is 387. The number of benzene rings is 1. The van der Waals surface area contributed by atoms with Crippen LogP contribution in [0.2, 0.25) is 0 Å². The summed E-state index contributed by atoms with van der Waals surface area (Å²) in [6, 6.07) is 11.9. The second-order valence-electron chi connectivity index (χ2n) is 2.53. The van der Waals surface area contributed by atoms with Crippen LogP contribution in [0.25, 0.3) is 10.9 Å². The van der Waals surface area contributed by atoms with Gasteiger partial charge in [0.25, 0.3) is 0 Å². The van der Waals surface area contributed by atoms with Gasteiger partial charge in [-0.15, -0.1) is 5.52 Å². The molecule has 0 unspecified atom stereocenters. The van der Waals surface area contributed by atoms with Gasteiger partial charge in [-0.05, 0) is 6.92 Å². The maximum absolute atomic E-state index is 4.19. The van der Waals surface area contributed by atoms with Crippen LogP contribution in [0.5, 0.6) is 0 Å². The Balaban J connectivity index is 0.000000720. The minimum atomic E-state index is 0. The molecule has 1 aromatic carbocycles. The molecule has 0 fully saturated rings. The van der Waals surface area contributed by atoms with Crippen LogP contribution in [0.1, 0.15) is 5.56 Å². The van der Waals surface area contributed by atoms with E-state index < -0.39 is 0 Å². The smallest absolute Gasteiger partial charge is 0.00627 e. The van der Waals surface area contributed by atoms with Crippen LogP contribution in [0, 0.1) is 19.1 Å². The second-order valence-corrected chi connectivity index (χ2v) is 2.53. The van der Waals surface area contributed by atoms with Crippen LogP contribution >= 0.6 is 0 Å². The summed E-state index contributed by atoms with van der Waals surface area (Å²) in [5.74, 6) is 0. The molecule has 2 rings (SSSR count). The quantitative estimate of drug-likeness (QED) is 0.678. The maximum atomic E-state index is 4.19. The molecule has 2 radical (unpaired) electrons.